The van der Waals surface area contributed by atoms with Gasteiger partial charge in [0.1, 0.15) is 12.3 Å². The first-order chi connectivity index (χ1) is 8.09. The molecule has 4 heteroatoms. The highest BCUT2D eigenvalue weighted by atomic mass is 127. The summed E-state index contributed by atoms with van der Waals surface area (Å²) in [4.78, 5) is 15.6. The average molecular weight is 343 g/mol. The normalized spacial score (nSPS) is 12.4. The first-order valence-corrected chi connectivity index (χ1v) is 6.25. The van der Waals surface area contributed by atoms with Crippen molar-refractivity contribution in [1.29, 1.82) is 0 Å². The van der Waals surface area contributed by atoms with Crippen LogP contribution in [0.1, 0.15) is 19.4 Å². The second-order valence-electron chi connectivity index (χ2n) is 3.49. The van der Waals surface area contributed by atoms with E-state index in [0.717, 1.165) is 9.14 Å². The third-order valence-corrected chi connectivity index (χ3v) is 2.22. The van der Waals surface area contributed by atoms with E-state index in [0.29, 0.717) is 5.71 Å². The van der Waals surface area contributed by atoms with Crippen LogP contribution in [-0.4, -0.2) is 11.7 Å². The molecule has 0 saturated carbocycles. The van der Waals surface area contributed by atoms with Crippen LogP contribution in [0.15, 0.2) is 45.1 Å². The third kappa shape index (κ3) is 5.63. The van der Waals surface area contributed by atoms with E-state index in [1.165, 1.54) is 0 Å². The summed E-state index contributed by atoms with van der Waals surface area (Å²) in [7, 11) is 0. The van der Waals surface area contributed by atoms with Crippen molar-refractivity contribution in [2.45, 2.75) is 20.5 Å². The van der Waals surface area contributed by atoms with Crippen molar-refractivity contribution in [2.75, 3.05) is 0 Å². The SMILES string of the molecule is CC(=N/C=C(/C)I)C(=O)OCc1ccccc1. The lowest BCUT2D eigenvalue weighted by Gasteiger charge is -2.03. The van der Waals surface area contributed by atoms with Gasteiger partial charge in [-0.3, -0.25) is 4.99 Å². The lowest BCUT2D eigenvalue weighted by Crippen LogP contribution is -2.13. The molecule has 0 saturated heterocycles. The van der Waals surface area contributed by atoms with Crippen molar-refractivity contribution in [2.24, 2.45) is 4.99 Å². The van der Waals surface area contributed by atoms with E-state index in [1.54, 1.807) is 13.1 Å². The van der Waals surface area contributed by atoms with E-state index >= 15 is 0 Å². The summed E-state index contributed by atoms with van der Waals surface area (Å²) in [5.74, 6) is -0.386. The van der Waals surface area contributed by atoms with Gasteiger partial charge in [0, 0.05) is 9.78 Å². The number of halogens is 1. The smallest absolute Gasteiger partial charge is 0.352 e. The number of carbonyl (C=O) groups is 1. The van der Waals surface area contributed by atoms with Crippen LogP contribution < -0.4 is 0 Å². The maximum absolute atomic E-state index is 11.5. The van der Waals surface area contributed by atoms with Gasteiger partial charge in [-0.05, 0) is 42.0 Å². The number of hydrogen-bond donors (Lipinski definition) is 0. The zero-order valence-corrected chi connectivity index (χ0v) is 12.0. The summed E-state index contributed by atoms with van der Waals surface area (Å²) >= 11 is 2.13. The molecule has 0 aliphatic heterocycles. The lowest BCUT2D eigenvalue weighted by atomic mass is 10.2. The van der Waals surface area contributed by atoms with Crippen LogP contribution in [0.4, 0.5) is 0 Å². The molecular weight excluding hydrogens is 329 g/mol. The molecule has 0 bridgehead atoms. The average Bonchev–Trinajstić information content (AvgIpc) is 2.34. The molecule has 0 aliphatic carbocycles. The molecule has 3 nitrogen and oxygen atoms in total. The fourth-order valence-electron chi connectivity index (χ4n) is 1.07. The molecule has 0 atom stereocenters. The van der Waals surface area contributed by atoms with Gasteiger partial charge in [-0.2, -0.15) is 0 Å². The molecule has 1 aromatic rings. The van der Waals surface area contributed by atoms with Crippen LogP contribution in [-0.2, 0) is 16.1 Å². The minimum Gasteiger partial charge on any atom is -0.456 e. The van der Waals surface area contributed by atoms with Gasteiger partial charge < -0.3 is 4.74 Å². The van der Waals surface area contributed by atoms with Gasteiger partial charge >= 0.3 is 5.97 Å². The Hall–Kier alpha value is -1.17. The van der Waals surface area contributed by atoms with Crippen molar-refractivity contribution >= 4 is 34.3 Å². The molecule has 0 spiro atoms. The van der Waals surface area contributed by atoms with Gasteiger partial charge in [-0.1, -0.05) is 30.3 Å². The fourth-order valence-corrected chi connectivity index (χ4v) is 1.21. The monoisotopic (exact) mass is 343 g/mol. The number of benzene rings is 1. The number of hydrogen-bond acceptors (Lipinski definition) is 3. The highest BCUT2D eigenvalue weighted by Crippen LogP contribution is 2.04. The van der Waals surface area contributed by atoms with E-state index < -0.39 is 0 Å². The van der Waals surface area contributed by atoms with Crippen molar-refractivity contribution in [1.82, 2.24) is 0 Å². The first kappa shape index (κ1) is 13.9. The summed E-state index contributed by atoms with van der Waals surface area (Å²) in [5.41, 5.74) is 1.33. The molecule has 0 unspecified atom stereocenters. The van der Waals surface area contributed by atoms with Gasteiger partial charge in [0.05, 0.1) is 0 Å². The third-order valence-electron chi connectivity index (χ3n) is 1.94. The topological polar surface area (TPSA) is 38.7 Å². The molecule has 0 aliphatic rings. The standard InChI is InChI=1S/C13H14INO2/c1-10(14)8-15-11(2)13(16)17-9-12-6-4-3-5-7-12/h3-8H,9H2,1-2H3/b10-8-,15-11?. The molecule has 90 valence electrons. The van der Waals surface area contributed by atoms with E-state index in [2.05, 4.69) is 27.6 Å². The Morgan fingerprint density at radius 3 is 2.59 bits per heavy atom. The Bertz CT molecular complexity index is 434. The maximum Gasteiger partial charge on any atom is 0.352 e. The van der Waals surface area contributed by atoms with Crippen LogP contribution >= 0.6 is 22.6 Å². The molecule has 0 fully saturated rings. The molecule has 0 radical (unpaired) electrons. The van der Waals surface area contributed by atoms with E-state index in [9.17, 15) is 4.79 Å². The van der Waals surface area contributed by atoms with Crippen molar-refractivity contribution in [3.63, 3.8) is 0 Å². The van der Waals surface area contributed by atoms with Gasteiger partial charge in [0.2, 0.25) is 0 Å². The molecule has 0 N–H and O–H groups in total. The number of aliphatic imine (C=N–C) groups is 1. The number of nitrogens with zero attached hydrogens (tertiary/aromatic N) is 1. The van der Waals surface area contributed by atoms with Crippen LogP contribution in [0, 0.1) is 0 Å². The van der Waals surface area contributed by atoms with E-state index in [-0.39, 0.29) is 12.6 Å². The second-order valence-corrected chi connectivity index (χ2v) is 5.19. The largest absolute Gasteiger partial charge is 0.456 e. The molecular formula is C13H14INO2. The Kier molecular flexibility index (Phi) is 5.90. The Balaban J connectivity index is 2.50. The molecule has 0 heterocycles. The van der Waals surface area contributed by atoms with Crippen LogP contribution in [0.25, 0.3) is 0 Å². The predicted molar refractivity (Wildman–Crippen MR) is 77.1 cm³/mol. The van der Waals surface area contributed by atoms with Gasteiger partial charge in [-0.25, -0.2) is 4.79 Å². The van der Waals surface area contributed by atoms with Crippen molar-refractivity contribution in [3.8, 4) is 0 Å². The van der Waals surface area contributed by atoms with Crippen LogP contribution in [0.3, 0.4) is 0 Å². The molecule has 0 aromatic heterocycles. The Morgan fingerprint density at radius 1 is 1.35 bits per heavy atom. The Morgan fingerprint density at radius 2 is 2.00 bits per heavy atom. The summed E-state index contributed by atoms with van der Waals surface area (Å²) < 4.78 is 6.13. The number of rotatable bonds is 4. The van der Waals surface area contributed by atoms with Crippen LogP contribution in [0.5, 0.6) is 0 Å². The number of ether oxygens (including phenoxy) is 1. The highest BCUT2D eigenvalue weighted by Gasteiger charge is 2.06. The summed E-state index contributed by atoms with van der Waals surface area (Å²) in [6, 6.07) is 9.56. The fraction of sp³-hybridized carbons (Fsp3) is 0.231. The van der Waals surface area contributed by atoms with E-state index in [1.807, 2.05) is 37.3 Å². The summed E-state index contributed by atoms with van der Waals surface area (Å²) in [6.45, 7) is 3.83. The van der Waals surface area contributed by atoms with Gasteiger partial charge in [0.25, 0.3) is 0 Å². The number of carbonyl (C=O) groups excluding carboxylic acids is 1. The van der Waals surface area contributed by atoms with Gasteiger partial charge in [0.15, 0.2) is 0 Å². The molecule has 1 aromatic carbocycles. The summed E-state index contributed by atoms with van der Waals surface area (Å²) in [6.07, 6.45) is 1.64. The predicted octanol–water partition coefficient (Wildman–Crippen LogP) is 3.49. The Labute approximate surface area is 115 Å². The zero-order chi connectivity index (χ0) is 12.7. The minimum atomic E-state index is -0.386. The summed E-state index contributed by atoms with van der Waals surface area (Å²) in [5, 5.41) is 0. The quantitative estimate of drug-likeness (QED) is 0.477. The minimum absolute atomic E-state index is 0.277. The zero-order valence-electron chi connectivity index (χ0n) is 9.81. The first-order valence-electron chi connectivity index (χ1n) is 5.17. The molecule has 17 heavy (non-hydrogen) atoms. The molecule has 1 rings (SSSR count). The molecule has 0 amide bonds. The maximum atomic E-state index is 11.5. The number of esters is 1. The van der Waals surface area contributed by atoms with Gasteiger partial charge in [-0.15, -0.1) is 0 Å². The van der Waals surface area contributed by atoms with Crippen molar-refractivity contribution < 1.29 is 9.53 Å². The number of allylic oxidation sites excluding steroid dienone is 1. The highest BCUT2D eigenvalue weighted by molar-refractivity contribution is 14.1. The second kappa shape index (κ2) is 7.21. The lowest BCUT2D eigenvalue weighted by molar-refractivity contribution is -0.136. The van der Waals surface area contributed by atoms with E-state index in [4.69, 9.17) is 4.74 Å². The van der Waals surface area contributed by atoms with Crippen LogP contribution in [0.2, 0.25) is 0 Å². The van der Waals surface area contributed by atoms with Crippen molar-refractivity contribution in [3.05, 3.63) is 45.7 Å².